The molecule has 1 N–H and O–H groups in total. The van der Waals surface area contributed by atoms with E-state index in [2.05, 4.69) is 4.98 Å². The van der Waals surface area contributed by atoms with E-state index in [9.17, 15) is 9.18 Å². The number of nitrogens with zero attached hydrogens (tertiary/aromatic N) is 1. The van der Waals surface area contributed by atoms with Gasteiger partial charge in [-0.1, -0.05) is 19.1 Å². The van der Waals surface area contributed by atoms with E-state index in [1.807, 2.05) is 13.0 Å². The minimum Gasteiger partial charge on any atom is -0.348 e. The number of hydrogen-bond donors (Lipinski definition) is 1. The van der Waals surface area contributed by atoms with Gasteiger partial charge in [0.05, 0.1) is 5.52 Å². The second-order valence-electron chi connectivity index (χ2n) is 4.24. The van der Waals surface area contributed by atoms with Crippen molar-refractivity contribution in [2.24, 2.45) is 0 Å². The Balaban J connectivity index is 0.00000162. The quantitative estimate of drug-likeness (QED) is 0.855. The van der Waals surface area contributed by atoms with Crippen LogP contribution in [-0.4, -0.2) is 29.9 Å². The highest BCUT2D eigenvalue weighted by Crippen LogP contribution is 2.22. The van der Waals surface area contributed by atoms with Crippen LogP contribution in [0.3, 0.4) is 0 Å². The molecule has 0 unspecified atom stereocenters. The second kappa shape index (κ2) is 4.20. The number of rotatable bonds is 2. The summed E-state index contributed by atoms with van der Waals surface area (Å²) >= 11 is 0. The van der Waals surface area contributed by atoms with E-state index >= 15 is 0 Å². The van der Waals surface area contributed by atoms with Crippen molar-refractivity contribution in [3.05, 3.63) is 35.3 Å². The van der Waals surface area contributed by atoms with Crippen LogP contribution in [0.5, 0.6) is 0 Å². The van der Waals surface area contributed by atoms with Gasteiger partial charge in [-0.2, -0.15) is 0 Å². The summed E-state index contributed by atoms with van der Waals surface area (Å²) in [5, 5.41) is 0.727. The van der Waals surface area contributed by atoms with E-state index in [0.29, 0.717) is 23.2 Å². The number of hydrogen-bond acceptors (Lipinski definition) is 1. The van der Waals surface area contributed by atoms with Crippen molar-refractivity contribution >= 4 is 16.8 Å². The molecule has 0 bridgehead atoms. The molecular formula is C13H17FN2O. The molecule has 2 rings (SSSR count). The minimum atomic E-state index is -0.261. The van der Waals surface area contributed by atoms with Crippen molar-refractivity contribution in [1.29, 1.82) is 0 Å². The number of halogens is 1. The molecule has 92 valence electrons. The van der Waals surface area contributed by atoms with Crippen LogP contribution < -0.4 is 0 Å². The number of amides is 1. The smallest absolute Gasteiger partial charge is 0.269 e. The lowest BCUT2D eigenvalue weighted by Crippen LogP contribution is -2.21. The first-order valence-electron chi connectivity index (χ1n) is 5.56. The maximum absolute atomic E-state index is 14.0. The van der Waals surface area contributed by atoms with Crippen molar-refractivity contribution in [3.63, 3.8) is 0 Å². The Morgan fingerprint density at radius 2 is 2.18 bits per heavy atom. The number of aromatic amines is 1. The zero-order chi connectivity index (χ0) is 12.6. The van der Waals surface area contributed by atoms with E-state index in [-0.39, 0.29) is 13.2 Å². The molecular weight excluding hydrogens is 219 g/mol. The zero-order valence-electron chi connectivity index (χ0n) is 10.2. The molecule has 3 nitrogen and oxygen atoms in total. The standard InChI is InChI=1S/C13H15FN2O.H2/c1-4-8-5-6-9-7-10(13(17)16(2)3)15-12(9)11(8)14;/h5-7,15H,4H2,1-3H3;1H. The summed E-state index contributed by atoms with van der Waals surface area (Å²) in [5.41, 5.74) is 1.48. The Labute approximate surface area is 101 Å². The van der Waals surface area contributed by atoms with Crippen LogP contribution in [0.2, 0.25) is 0 Å². The minimum absolute atomic E-state index is 0. The predicted octanol–water partition coefficient (Wildman–Crippen LogP) is 2.82. The van der Waals surface area contributed by atoms with E-state index in [1.54, 1.807) is 26.2 Å². The second-order valence-corrected chi connectivity index (χ2v) is 4.24. The highest BCUT2D eigenvalue weighted by atomic mass is 19.1. The van der Waals surface area contributed by atoms with Gasteiger partial charge in [0.2, 0.25) is 0 Å². The Morgan fingerprint density at radius 3 is 2.76 bits per heavy atom. The Hall–Kier alpha value is -1.84. The zero-order valence-corrected chi connectivity index (χ0v) is 10.2. The molecule has 0 saturated heterocycles. The molecule has 2 aromatic rings. The van der Waals surface area contributed by atoms with Gasteiger partial charge in [-0.05, 0) is 18.1 Å². The molecule has 1 heterocycles. The number of aryl methyl sites for hydroxylation is 1. The third kappa shape index (κ3) is 1.90. The lowest BCUT2D eigenvalue weighted by Gasteiger charge is -2.07. The van der Waals surface area contributed by atoms with Crippen molar-refractivity contribution in [2.75, 3.05) is 14.1 Å². The third-order valence-electron chi connectivity index (χ3n) is 2.83. The summed E-state index contributed by atoms with van der Waals surface area (Å²) < 4.78 is 14.0. The van der Waals surface area contributed by atoms with Crippen LogP contribution in [0.25, 0.3) is 10.9 Å². The molecule has 0 aliphatic heterocycles. The van der Waals surface area contributed by atoms with Crippen molar-refractivity contribution < 1.29 is 10.6 Å². The Bertz CT molecular complexity index is 578. The molecule has 1 aromatic heterocycles. The Morgan fingerprint density at radius 1 is 1.47 bits per heavy atom. The fourth-order valence-electron chi connectivity index (χ4n) is 1.84. The Kier molecular flexibility index (Phi) is 2.88. The molecule has 1 aromatic carbocycles. The number of nitrogens with one attached hydrogen (secondary N) is 1. The van der Waals surface area contributed by atoms with E-state index < -0.39 is 0 Å². The van der Waals surface area contributed by atoms with Crippen LogP contribution in [0.15, 0.2) is 18.2 Å². The van der Waals surface area contributed by atoms with Crippen LogP contribution in [0.4, 0.5) is 4.39 Å². The average molecular weight is 236 g/mol. The molecule has 0 saturated carbocycles. The van der Waals surface area contributed by atoms with E-state index in [0.717, 1.165) is 5.39 Å². The number of H-pyrrole nitrogens is 1. The molecule has 0 aliphatic rings. The SMILES string of the molecule is CCc1ccc2cc(C(=O)N(C)C)[nH]c2c1F.[HH]. The fraction of sp³-hybridized carbons (Fsp3) is 0.308. The van der Waals surface area contributed by atoms with Crippen molar-refractivity contribution in [3.8, 4) is 0 Å². The van der Waals surface area contributed by atoms with Crippen molar-refractivity contribution in [2.45, 2.75) is 13.3 Å². The van der Waals surface area contributed by atoms with Crippen LogP contribution in [0.1, 0.15) is 24.4 Å². The highest BCUT2D eigenvalue weighted by Gasteiger charge is 2.14. The topological polar surface area (TPSA) is 36.1 Å². The summed E-state index contributed by atoms with van der Waals surface area (Å²) in [6.07, 6.45) is 0.637. The number of aromatic nitrogens is 1. The predicted molar refractivity (Wildman–Crippen MR) is 67.8 cm³/mol. The van der Waals surface area contributed by atoms with Gasteiger partial charge < -0.3 is 9.88 Å². The summed E-state index contributed by atoms with van der Waals surface area (Å²) in [4.78, 5) is 16.1. The molecule has 1 amide bonds. The van der Waals surface area contributed by atoms with E-state index in [1.165, 1.54) is 4.90 Å². The summed E-state index contributed by atoms with van der Waals surface area (Å²) in [5.74, 6) is -0.415. The van der Waals surface area contributed by atoms with Gasteiger partial charge in [-0.3, -0.25) is 4.79 Å². The number of carbonyl (C=O) groups is 1. The maximum Gasteiger partial charge on any atom is 0.269 e. The van der Waals surface area contributed by atoms with Gasteiger partial charge in [0.25, 0.3) is 5.91 Å². The molecule has 0 atom stereocenters. The van der Waals surface area contributed by atoms with Gasteiger partial charge in [0, 0.05) is 20.9 Å². The van der Waals surface area contributed by atoms with Crippen molar-refractivity contribution in [1.82, 2.24) is 9.88 Å². The number of benzene rings is 1. The highest BCUT2D eigenvalue weighted by molar-refractivity contribution is 5.98. The summed E-state index contributed by atoms with van der Waals surface area (Å²) in [6, 6.07) is 5.27. The van der Waals surface area contributed by atoms with Gasteiger partial charge in [0.1, 0.15) is 11.5 Å². The van der Waals surface area contributed by atoms with Gasteiger partial charge in [0.15, 0.2) is 0 Å². The third-order valence-corrected chi connectivity index (χ3v) is 2.83. The first-order valence-corrected chi connectivity index (χ1v) is 5.56. The normalized spacial score (nSPS) is 10.8. The summed E-state index contributed by atoms with van der Waals surface area (Å²) in [7, 11) is 3.34. The molecule has 0 fully saturated rings. The first-order chi connectivity index (χ1) is 8.04. The number of carbonyl (C=O) groups excluding carboxylic acids is 1. The molecule has 0 spiro atoms. The lowest BCUT2D eigenvalue weighted by atomic mass is 10.1. The molecule has 17 heavy (non-hydrogen) atoms. The molecule has 0 aliphatic carbocycles. The fourth-order valence-corrected chi connectivity index (χ4v) is 1.84. The maximum atomic E-state index is 14.0. The van der Waals surface area contributed by atoms with Crippen LogP contribution in [0, 0.1) is 5.82 Å². The van der Waals surface area contributed by atoms with E-state index in [4.69, 9.17) is 0 Å². The largest absolute Gasteiger partial charge is 0.348 e. The summed E-state index contributed by atoms with van der Waals surface area (Å²) in [6.45, 7) is 1.90. The van der Waals surface area contributed by atoms with Gasteiger partial charge in [-0.15, -0.1) is 0 Å². The van der Waals surface area contributed by atoms with Crippen LogP contribution >= 0.6 is 0 Å². The lowest BCUT2D eigenvalue weighted by molar-refractivity contribution is 0.0823. The molecule has 0 radical (unpaired) electrons. The van der Waals surface area contributed by atoms with Gasteiger partial charge in [-0.25, -0.2) is 4.39 Å². The van der Waals surface area contributed by atoms with Crippen LogP contribution in [-0.2, 0) is 6.42 Å². The molecule has 4 heteroatoms. The monoisotopic (exact) mass is 236 g/mol. The number of fused-ring (bicyclic) bond motifs is 1. The average Bonchev–Trinajstić information content (AvgIpc) is 2.73. The van der Waals surface area contributed by atoms with Gasteiger partial charge >= 0.3 is 0 Å². The first kappa shape index (κ1) is 11.6.